The lowest BCUT2D eigenvalue weighted by Gasteiger charge is -2.07. The SMILES string of the molecule is Cc1ncccc1Oc1ccc(CN)nc1. The number of hydrogen-bond acceptors (Lipinski definition) is 4. The predicted octanol–water partition coefficient (Wildman–Crippen LogP) is 2.04. The van der Waals surface area contributed by atoms with Gasteiger partial charge in [-0.2, -0.15) is 0 Å². The summed E-state index contributed by atoms with van der Waals surface area (Å²) in [6, 6.07) is 7.41. The van der Waals surface area contributed by atoms with Crippen molar-refractivity contribution in [3.05, 3.63) is 48.0 Å². The molecule has 0 fully saturated rings. The van der Waals surface area contributed by atoms with Gasteiger partial charge in [0.05, 0.1) is 17.6 Å². The molecule has 0 unspecified atom stereocenters. The van der Waals surface area contributed by atoms with Gasteiger partial charge < -0.3 is 10.5 Å². The summed E-state index contributed by atoms with van der Waals surface area (Å²) >= 11 is 0. The Morgan fingerprint density at radius 3 is 2.75 bits per heavy atom. The molecule has 0 radical (unpaired) electrons. The van der Waals surface area contributed by atoms with Crippen molar-refractivity contribution < 1.29 is 4.74 Å². The average Bonchev–Trinajstić information content (AvgIpc) is 2.33. The fraction of sp³-hybridized carbons (Fsp3) is 0.167. The number of ether oxygens (including phenoxy) is 1. The van der Waals surface area contributed by atoms with Crippen molar-refractivity contribution in [3.63, 3.8) is 0 Å². The van der Waals surface area contributed by atoms with Crippen LogP contribution in [-0.4, -0.2) is 9.97 Å². The molecule has 0 spiro atoms. The fourth-order valence-electron chi connectivity index (χ4n) is 1.30. The van der Waals surface area contributed by atoms with E-state index in [0.29, 0.717) is 12.3 Å². The molecule has 0 saturated carbocycles. The molecular weight excluding hydrogens is 202 g/mol. The van der Waals surface area contributed by atoms with Crippen molar-refractivity contribution in [3.8, 4) is 11.5 Å². The number of hydrogen-bond donors (Lipinski definition) is 1. The van der Waals surface area contributed by atoms with Gasteiger partial charge in [0.2, 0.25) is 0 Å². The maximum Gasteiger partial charge on any atom is 0.148 e. The maximum absolute atomic E-state index is 5.64. The van der Waals surface area contributed by atoms with E-state index in [-0.39, 0.29) is 0 Å². The van der Waals surface area contributed by atoms with E-state index in [1.165, 1.54) is 0 Å². The first-order chi connectivity index (χ1) is 7.79. The van der Waals surface area contributed by atoms with E-state index >= 15 is 0 Å². The van der Waals surface area contributed by atoms with E-state index in [2.05, 4.69) is 9.97 Å². The van der Waals surface area contributed by atoms with E-state index in [9.17, 15) is 0 Å². The van der Waals surface area contributed by atoms with E-state index in [0.717, 1.165) is 17.1 Å². The molecule has 16 heavy (non-hydrogen) atoms. The lowest BCUT2D eigenvalue weighted by Crippen LogP contribution is -1.99. The topological polar surface area (TPSA) is 61.0 Å². The van der Waals surface area contributed by atoms with Crippen LogP contribution >= 0.6 is 0 Å². The summed E-state index contributed by atoms with van der Waals surface area (Å²) in [5.41, 5.74) is 7.16. The quantitative estimate of drug-likeness (QED) is 0.851. The summed E-state index contributed by atoms with van der Waals surface area (Å²) in [4.78, 5) is 8.30. The molecule has 0 aliphatic heterocycles. The van der Waals surface area contributed by atoms with Crippen LogP contribution in [0.3, 0.4) is 0 Å². The van der Waals surface area contributed by atoms with Gasteiger partial charge in [0.25, 0.3) is 0 Å². The highest BCUT2D eigenvalue weighted by atomic mass is 16.5. The molecule has 2 heterocycles. The molecule has 0 aliphatic carbocycles. The van der Waals surface area contributed by atoms with E-state index in [1.54, 1.807) is 12.4 Å². The Hall–Kier alpha value is -1.94. The first kappa shape index (κ1) is 10.6. The van der Waals surface area contributed by atoms with Crippen molar-refractivity contribution in [2.45, 2.75) is 13.5 Å². The summed E-state index contributed by atoms with van der Waals surface area (Å²) in [6.07, 6.45) is 3.40. The fourth-order valence-corrected chi connectivity index (χ4v) is 1.30. The van der Waals surface area contributed by atoms with Crippen LogP contribution in [0.15, 0.2) is 36.7 Å². The van der Waals surface area contributed by atoms with Gasteiger partial charge in [0.15, 0.2) is 0 Å². The van der Waals surface area contributed by atoms with Gasteiger partial charge in [-0.1, -0.05) is 0 Å². The van der Waals surface area contributed by atoms with Crippen molar-refractivity contribution in [1.29, 1.82) is 0 Å². The predicted molar refractivity (Wildman–Crippen MR) is 61.2 cm³/mol. The highest BCUT2D eigenvalue weighted by Crippen LogP contribution is 2.22. The first-order valence-electron chi connectivity index (χ1n) is 5.04. The second-order valence-electron chi connectivity index (χ2n) is 3.38. The molecule has 0 amide bonds. The Balaban J connectivity index is 2.18. The third-order valence-electron chi connectivity index (χ3n) is 2.19. The Morgan fingerprint density at radius 1 is 1.25 bits per heavy atom. The minimum Gasteiger partial charge on any atom is -0.454 e. The van der Waals surface area contributed by atoms with E-state index in [1.807, 2.05) is 31.2 Å². The van der Waals surface area contributed by atoms with Crippen LogP contribution < -0.4 is 10.5 Å². The van der Waals surface area contributed by atoms with Gasteiger partial charge in [-0.3, -0.25) is 9.97 Å². The third-order valence-corrected chi connectivity index (χ3v) is 2.19. The van der Waals surface area contributed by atoms with Crippen LogP contribution in [-0.2, 0) is 6.54 Å². The van der Waals surface area contributed by atoms with Gasteiger partial charge in [-0.15, -0.1) is 0 Å². The Morgan fingerprint density at radius 2 is 2.12 bits per heavy atom. The summed E-state index contributed by atoms with van der Waals surface area (Å²) in [5.74, 6) is 1.43. The Bertz CT molecular complexity index is 468. The number of rotatable bonds is 3. The van der Waals surface area contributed by atoms with Crippen molar-refractivity contribution in [2.24, 2.45) is 5.73 Å². The average molecular weight is 215 g/mol. The molecule has 4 heteroatoms. The molecule has 4 nitrogen and oxygen atoms in total. The number of aromatic nitrogens is 2. The summed E-state index contributed by atoms with van der Waals surface area (Å²) < 4.78 is 5.64. The molecule has 2 N–H and O–H groups in total. The van der Waals surface area contributed by atoms with E-state index < -0.39 is 0 Å². The number of nitrogens with zero attached hydrogens (tertiary/aromatic N) is 2. The van der Waals surface area contributed by atoms with Crippen LogP contribution in [0.5, 0.6) is 11.5 Å². The van der Waals surface area contributed by atoms with Crippen molar-refractivity contribution >= 4 is 0 Å². The van der Waals surface area contributed by atoms with Crippen LogP contribution in [0.1, 0.15) is 11.4 Å². The molecule has 0 aliphatic rings. The zero-order valence-corrected chi connectivity index (χ0v) is 9.05. The molecular formula is C12H13N3O. The van der Waals surface area contributed by atoms with E-state index in [4.69, 9.17) is 10.5 Å². The second-order valence-corrected chi connectivity index (χ2v) is 3.38. The molecule has 2 aromatic rings. The zero-order valence-electron chi connectivity index (χ0n) is 9.05. The molecule has 82 valence electrons. The van der Waals surface area contributed by atoms with Gasteiger partial charge in [-0.05, 0) is 31.2 Å². The van der Waals surface area contributed by atoms with Crippen molar-refractivity contribution in [2.75, 3.05) is 0 Å². The highest BCUT2D eigenvalue weighted by molar-refractivity contribution is 5.32. The molecule has 0 atom stereocenters. The lowest BCUT2D eigenvalue weighted by atomic mass is 10.3. The molecule has 0 bridgehead atoms. The van der Waals surface area contributed by atoms with Crippen LogP contribution in [0.25, 0.3) is 0 Å². The standard InChI is InChI=1S/C12H13N3O/c1-9-12(3-2-6-14-9)16-11-5-4-10(7-13)15-8-11/h2-6,8H,7,13H2,1H3. The second kappa shape index (κ2) is 4.72. The molecule has 0 aromatic carbocycles. The monoisotopic (exact) mass is 215 g/mol. The van der Waals surface area contributed by atoms with Gasteiger partial charge in [-0.25, -0.2) is 0 Å². The first-order valence-corrected chi connectivity index (χ1v) is 5.04. The van der Waals surface area contributed by atoms with Gasteiger partial charge in [0, 0.05) is 12.7 Å². The Kier molecular flexibility index (Phi) is 3.12. The van der Waals surface area contributed by atoms with Crippen LogP contribution in [0, 0.1) is 6.92 Å². The zero-order chi connectivity index (χ0) is 11.4. The number of nitrogens with two attached hydrogens (primary N) is 1. The number of aryl methyl sites for hydroxylation is 1. The highest BCUT2D eigenvalue weighted by Gasteiger charge is 2.01. The normalized spacial score (nSPS) is 10.1. The summed E-state index contributed by atoms with van der Waals surface area (Å²) in [7, 11) is 0. The lowest BCUT2D eigenvalue weighted by molar-refractivity contribution is 0.473. The molecule has 2 rings (SSSR count). The summed E-state index contributed by atoms with van der Waals surface area (Å²) in [6.45, 7) is 2.34. The smallest absolute Gasteiger partial charge is 0.148 e. The van der Waals surface area contributed by atoms with Gasteiger partial charge in [0.1, 0.15) is 11.5 Å². The molecule has 0 saturated heterocycles. The minimum atomic E-state index is 0.437. The van der Waals surface area contributed by atoms with Crippen LogP contribution in [0.2, 0.25) is 0 Å². The Labute approximate surface area is 94.1 Å². The third kappa shape index (κ3) is 2.35. The van der Waals surface area contributed by atoms with Gasteiger partial charge >= 0.3 is 0 Å². The molecule has 2 aromatic heterocycles. The van der Waals surface area contributed by atoms with Crippen molar-refractivity contribution in [1.82, 2.24) is 9.97 Å². The minimum absolute atomic E-state index is 0.437. The summed E-state index contributed by atoms with van der Waals surface area (Å²) in [5, 5.41) is 0. The maximum atomic E-state index is 5.64. The van der Waals surface area contributed by atoms with Crippen LogP contribution in [0.4, 0.5) is 0 Å². The largest absolute Gasteiger partial charge is 0.454 e. The number of pyridine rings is 2.